The molecular formula is C19H26N4O2. The van der Waals surface area contributed by atoms with Gasteiger partial charge in [0.05, 0.1) is 5.60 Å². The van der Waals surface area contributed by atoms with Crippen molar-refractivity contribution in [3.8, 4) is 12.1 Å². The molecule has 1 aromatic rings. The van der Waals surface area contributed by atoms with Crippen molar-refractivity contribution in [3.05, 3.63) is 28.6 Å². The van der Waals surface area contributed by atoms with E-state index < -0.39 is 11.5 Å². The highest BCUT2D eigenvalue weighted by Gasteiger charge is 2.22. The third-order valence-corrected chi connectivity index (χ3v) is 4.24. The normalized spacial score (nSPS) is 13.9. The Morgan fingerprint density at radius 2 is 2.12 bits per heavy atom. The molecular weight excluding hydrogens is 316 g/mol. The standard InChI is InChI=1S/C19H26N4O2/c1-13(2)6-7-19(4,25)12-22-18(24)16(10-20)8-15-9-17(11-21)23(5)14(15)3/h8-9,13,25H,6-7,12H2,1-5H3,(H,22,24). The Bertz CT molecular complexity index is 743. The molecule has 0 aliphatic heterocycles. The second kappa shape index (κ2) is 8.50. The third-order valence-electron chi connectivity index (χ3n) is 4.24. The van der Waals surface area contributed by atoms with Crippen LogP contribution in [-0.2, 0) is 11.8 Å². The van der Waals surface area contributed by atoms with Gasteiger partial charge in [-0.15, -0.1) is 0 Å². The molecule has 0 radical (unpaired) electrons. The molecule has 1 unspecified atom stereocenters. The van der Waals surface area contributed by atoms with Gasteiger partial charge < -0.3 is 15.0 Å². The summed E-state index contributed by atoms with van der Waals surface area (Å²) >= 11 is 0. The summed E-state index contributed by atoms with van der Waals surface area (Å²) in [5, 5.41) is 31.3. The van der Waals surface area contributed by atoms with Crippen LogP contribution in [0.1, 0.15) is 50.6 Å². The fourth-order valence-electron chi connectivity index (χ4n) is 2.33. The quantitative estimate of drug-likeness (QED) is 0.587. The van der Waals surface area contributed by atoms with E-state index in [-0.39, 0.29) is 12.1 Å². The molecule has 0 aromatic carbocycles. The van der Waals surface area contributed by atoms with Gasteiger partial charge in [-0.3, -0.25) is 4.79 Å². The van der Waals surface area contributed by atoms with Crippen molar-refractivity contribution < 1.29 is 9.90 Å². The Morgan fingerprint density at radius 1 is 1.48 bits per heavy atom. The number of aromatic nitrogens is 1. The molecule has 0 spiro atoms. The number of nitrogens with zero attached hydrogens (tertiary/aromatic N) is 3. The van der Waals surface area contributed by atoms with Crippen molar-refractivity contribution in [2.75, 3.05) is 6.54 Å². The SMILES string of the molecule is Cc1c(C=C(C#N)C(=O)NCC(C)(O)CCC(C)C)cc(C#N)n1C. The van der Waals surface area contributed by atoms with E-state index >= 15 is 0 Å². The molecule has 1 aromatic heterocycles. The summed E-state index contributed by atoms with van der Waals surface area (Å²) in [5.41, 5.74) is 0.825. The topological polar surface area (TPSA) is 102 Å². The third kappa shape index (κ3) is 5.77. The summed E-state index contributed by atoms with van der Waals surface area (Å²) in [4.78, 5) is 12.3. The molecule has 6 nitrogen and oxygen atoms in total. The fourth-order valence-corrected chi connectivity index (χ4v) is 2.33. The molecule has 0 aliphatic carbocycles. The van der Waals surface area contributed by atoms with Crippen LogP contribution in [0.15, 0.2) is 11.6 Å². The lowest BCUT2D eigenvalue weighted by atomic mass is 9.95. The van der Waals surface area contributed by atoms with Gasteiger partial charge in [-0.1, -0.05) is 13.8 Å². The first kappa shape index (κ1) is 20.5. The number of aliphatic hydroxyl groups is 1. The number of carbonyl (C=O) groups excluding carboxylic acids is 1. The Labute approximate surface area is 149 Å². The van der Waals surface area contributed by atoms with E-state index in [0.717, 1.165) is 12.1 Å². The van der Waals surface area contributed by atoms with Crippen LogP contribution in [0.4, 0.5) is 0 Å². The second-order valence-electron chi connectivity index (χ2n) is 7.02. The van der Waals surface area contributed by atoms with Gasteiger partial charge in [0, 0.05) is 19.3 Å². The number of carbonyl (C=O) groups is 1. The number of nitrogens with one attached hydrogen (secondary N) is 1. The molecule has 1 atom stereocenters. The summed E-state index contributed by atoms with van der Waals surface area (Å²) in [5.74, 6) is -0.0683. The Balaban J connectivity index is 2.85. The molecule has 0 fully saturated rings. The summed E-state index contributed by atoms with van der Waals surface area (Å²) < 4.78 is 1.70. The molecule has 2 N–H and O–H groups in total. The maximum Gasteiger partial charge on any atom is 0.262 e. The maximum atomic E-state index is 12.3. The number of nitriles is 2. The molecule has 25 heavy (non-hydrogen) atoms. The Morgan fingerprint density at radius 3 is 2.60 bits per heavy atom. The van der Waals surface area contributed by atoms with Gasteiger partial charge >= 0.3 is 0 Å². The number of hydrogen-bond acceptors (Lipinski definition) is 4. The van der Waals surface area contributed by atoms with E-state index in [4.69, 9.17) is 5.26 Å². The molecule has 6 heteroatoms. The minimum atomic E-state index is -1.02. The molecule has 134 valence electrons. The van der Waals surface area contributed by atoms with E-state index in [0.29, 0.717) is 23.6 Å². The smallest absolute Gasteiger partial charge is 0.262 e. The minimum absolute atomic E-state index is 0.0575. The van der Waals surface area contributed by atoms with Crippen LogP contribution >= 0.6 is 0 Å². The summed E-state index contributed by atoms with van der Waals surface area (Å²) in [6.07, 6.45) is 2.89. The van der Waals surface area contributed by atoms with Crippen LogP contribution in [0.5, 0.6) is 0 Å². The van der Waals surface area contributed by atoms with Gasteiger partial charge in [0.15, 0.2) is 0 Å². The lowest BCUT2D eigenvalue weighted by Crippen LogP contribution is -2.41. The van der Waals surface area contributed by atoms with Crippen molar-refractivity contribution in [3.63, 3.8) is 0 Å². The number of rotatable bonds is 7. The number of hydrogen-bond donors (Lipinski definition) is 2. The summed E-state index contributed by atoms with van der Waals surface area (Å²) in [7, 11) is 1.75. The number of amides is 1. The van der Waals surface area contributed by atoms with E-state index in [9.17, 15) is 15.2 Å². The highest BCUT2D eigenvalue weighted by Crippen LogP contribution is 2.18. The zero-order valence-corrected chi connectivity index (χ0v) is 15.6. The van der Waals surface area contributed by atoms with Gasteiger partial charge in [-0.25, -0.2) is 0 Å². The van der Waals surface area contributed by atoms with Gasteiger partial charge in [-0.05, 0) is 50.3 Å². The van der Waals surface area contributed by atoms with E-state index in [1.165, 1.54) is 6.08 Å². The van der Waals surface area contributed by atoms with Gasteiger partial charge in [0.2, 0.25) is 0 Å². The average molecular weight is 342 g/mol. The van der Waals surface area contributed by atoms with Gasteiger partial charge in [0.25, 0.3) is 5.91 Å². The molecule has 0 saturated heterocycles. The van der Waals surface area contributed by atoms with Crippen molar-refractivity contribution in [2.24, 2.45) is 13.0 Å². The van der Waals surface area contributed by atoms with E-state index in [1.807, 2.05) is 13.0 Å². The van der Waals surface area contributed by atoms with Crippen LogP contribution < -0.4 is 5.32 Å². The van der Waals surface area contributed by atoms with E-state index in [1.54, 1.807) is 24.6 Å². The van der Waals surface area contributed by atoms with Crippen molar-refractivity contribution >= 4 is 12.0 Å². The summed E-state index contributed by atoms with van der Waals surface area (Å²) in [6.45, 7) is 7.71. The van der Waals surface area contributed by atoms with Crippen LogP contribution in [-0.4, -0.2) is 27.7 Å². The van der Waals surface area contributed by atoms with Crippen LogP contribution in [0.3, 0.4) is 0 Å². The zero-order chi connectivity index (χ0) is 19.2. The van der Waals surface area contributed by atoms with E-state index in [2.05, 4.69) is 25.2 Å². The van der Waals surface area contributed by atoms with Gasteiger partial charge in [-0.2, -0.15) is 10.5 Å². The van der Waals surface area contributed by atoms with Crippen molar-refractivity contribution in [1.29, 1.82) is 10.5 Å². The van der Waals surface area contributed by atoms with Gasteiger partial charge in [0.1, 0.15) is 23.4 Å². The molecule has 0 aliphatic rings. The molecule has 0 saturated carbocycles. The zero-order valence-electron chi connectivity index (χ0n) is 15.6. The predicted octanol–water partition coefficient (Wildman–Crippen LogP) is 2.42. The monoisotopic (exact) mass is 342 g/mol. The Hall–Kier alpha value is -2.57. The summed E-state index contributed by atoms with van der Waals surface area (Å²) in [6, 6.07) is 5.59. The van der Waals surface area contributed by atoms with Crippen molar-refractivity contribution in [1.82, 2.24) is 9.88 Å². The largest absolute Gasteiger partial charge is 0.388 e. The molecule has 1 rings (SSSR count). The molecule has 1 heterocycles. The first-order valence-corrected chi connectivity index (χ1v) is 8.30. The predicted molar refractivity (Wildman–Crippen MR) is 96.2 cm³/mol. The van der Waals surface area contributed by atoms with Crippen molar-refractivity contribution in [2.45, 2.75) is 46.1 Å². The first-order valence-electron chi connectivity index (χ1n) is 8.30. The average Bonchev–Trinajstić information content (AvgIpc) is 2.83. The highest BCUT2D eigenvalue weighted by molar-refractivity contribution is 6.01. The molecule has 1 amide bonds. The van der Waals surface area contributed by atoms with Crippen LogP contribution in [0, 0.1) is 35.5 Å². The first-order chi connectivity index (χ1) is 11.6. The Kier molecular flexibility index (Phi) is 6.97. The second-order valence-corrected chi connectivity index (χ2v) is 7.02. The minimum Gasteiger partial charge on any atom is -0.388 e. The molecule has 0 bridgehead atoms. The maximum absolute atomic E-state index is 12.3. The lowest BCUT2D eigenvalue weighted by Gasteiger charge is -2.24. The lowest BCUT2D eigenvalue weighted by molar-refractivity contribution is -0.118. The van der Waals surface area contributed by atoms with Crippen LogP contribution in [0.2, 0.25) is 0 Å². The fraction of sp³-hybridized carbons (Fsp3) is 0.526. The van der Waals surface area contributed by atoms with Crippen LogP contribution in [0.25, 0.3) is 6.08 Å². The highest BCUT2D eigenvalue weighted by atomic mass is 16.3.